The maximum Gasteiger partial charge on any atom is 0.328 e. The van der Waals surface area contributed by atoms with Crippen molar-refractivity contribution in [2.75, 3.05) is 0 Å². The van der Waals surface area contributed by atoms with Crippen LogP contribution in [0.5, 0.6) is 5.75 Å². The van der Waals surface area contributed by atoms with Crippen LogP contribution in [-0.2, 0) is 30.3 Å². The standard InChI is InChI=1S/C27H41N3O6/c1-6-7-8-17(4)23-15-24(32)29-21(14-19-9-11-20(31)12-10-19)26(34)28-18(5)25(33)30-22(13-16(2)3)27(35)36-23/h9-12,16-18,21-23,31H,6-8,13-15H2,1-5H3,(H,28,34)(H,29,32)(H,30,33)/t17-,18-,21-,22-,23-/m0/s1. The van der Waals surface area contributed by atoms with Crippen molar-refractivity contribution < 1.29 is 29.0 Å². The summed E-state index contributed by atoms with van der Waals surface area (Å²) in [5, 5.41) is 17.7. The number of hydrogen-bond donors (Lipinski definition) is 4. The number of cyclic esters (lactones) is 1. The van der Waals surface area contributed by atoms with Crippen LogP contribution < -0.4 is 16.0 Å². The minimum atomic E-state index is -0.952. The van der Waals surface area contributed by atoms with Gasteiger partial charge >= 0.3 is 5.97 Å². The Kier molecular flexibility index (Phi) is 11.2. The van der Waals surface area contributed by atoms with Crippen LogP contribution in [0.25, 0.3) is 0 Å². The van der Waals surface area contributed by atoms with Crippen LogP contribution in [0.4, 0.5) is 0 Å². The number of carbonyl (C=O) groups is 4. The second-order valence-electron chi connectivity index (χ2n) is 10.2. The summed E-state index contributed by atoms with van der Waals surface area (Å²) in [7, 11) is 0. The van der Waals surface area contributed by atoms with Crippen LogP contribution in [0.2, 0.25) is 0 Å². The average Bonchev–Trinajstić information content (AvgIpc) is 2.81. The van der Waals surface area contributed by atoms with Gasteiger partial charge in [0.2, 0.25) is 17.7 Å². The molecule has 0 spiro atoms. The van der Waals surface area contributed by atoms with Gasteiger partial charge < -0.3 is 25.8 Å². The molecule has 0 unspecified atom stereocenters. The van der Waals surface area contributed by atoms with Crippen molar-refractivity contribution >= 4 is 23.7 Å². The van der Waals surface area contributed by atoms with E-state index in [4.69, 9.17) is 4.74 Å². The maximum absolute atomic E-state index is 13.1. The molecule has 1 aromatic rings. The van der Waals surface area contributed by atoms with Crippen LogP contribution in [0.15, 0.2) is 24.3 Å². The smallest absolute Gasteiger partial charge is 0.328 e. The summed E-state index contributed by atoms with van der Waals surface area (Å²) in [5.74, 6) is -1.88. The van der Waals surface area contributed by atoms with E-state index in [9.17, 15) is 24.3 Å². The number of amides is 3. The molecule has 1 aliphatic rings. The number of rotatable bonds is 8. The first-order valence-corrected chi connectivity index (χ1v) is 12.9. The Hall–Kier alpha value is -3.10. The third kappa shape index (κ3) is 9.17. The highest BCUT2D eigenvalue weighted by Crippen LogP contribution is 2.21. The molecule has 0 aromatic heterocycles. The van der Waals surface area contributed by atoms with Crippen LogP contribution in [0, 0.1) is 11.8 Å². The van der Waals surface area contributed by atoms with Crippen molar-refractivity contribution in [3.63, 3.8) is 0 Å². The predicted molar refractivity (Wildman–Crippen MR) is 136 cm³/mol. The van der Waals surface area contributed by atoms with Crippen molar-refractivity contribution in [1.29, 1.82) is 0 Å². The zero-order valence-electron chi connectivity index (χ0n) is 22.0. The lowest BCUT2D eigenvalue weighted by atomic mass is 9.95. The van der Waals surface area contributed by atoms with Gasteiger partial charge in [0.05, 0.1) is 6.42 Å². The van der Waals surface area contributed by atoms with Crippen molar-refractivity contribution in [2.24, 2.45) is 11.8 Å². The Morgan fingerprint density at radius 2 is 1.64 bits per heavy atom. The number of phenols is 1. The fourth-order valence-electron chi connectivity index (χ4n) is 4.18. The Labute approximate surface area is 213 Å². The Morgan fingerprint density at radius 1 is 0.972 bits per heavy atom. The van der Waals surface area contributed by atoms with E-state index in [1.165, 1.54) is 19.1 Å². The summed E-state index contributed by atoms with van der Waals surface area (Å²) in [6.07, 6.45) is 2.43. The quantitative estimate of drug-likeness (QED) is 0.403. The number of aromatic hydroxyl groups is 1. The topological polar surface area (TPSA) is 134 Å². The zero-order chi connectivity index (χ0) is 26.8. The first kappa shape index (κ1) is 29.1. The molecule has 1 aliphatic heterocycles. The number of unbranched alkanes of at least 4 members (excludes halogenated alkanes) is 1. The SMILES string of the molecule is CCCC[C@H](C)[C@@H]1CC(=O)N[C@@H](Cc2ccc(O)cc2)C(=O)N[C@@H](C)C(=O)N[C@@H](CC(C)C)C(=O)O1. The second-order valence-corrected chi connectivity index (χ2v) is 10.2. The Morgan fingerprint density at radius 3 is 2.25 bits per heavy atom. The van der Waals surface area contributed by atoms with Gasteiger partial charge in [0.1, 0.15) is 30.0 Å². The summed E-state index contributed by atoms with van der Waals surface area (Å²) in [6.45, 7) is 9.42. The fourth-order valence-corrected chi connectivity index (χ4v) is 4.18. The van der Waals surface area contributed by atoms with E-state index in [0.29, 0.717) is 6.42 Å². The normalized spacial score (nSPS) is 24.9. The van der Waals surface area contributed by atoms with Gasteiger partial charge in [0.15, 0.2) is 0 Å². The van der Waals surface area contributed by atoms with Gasteiger partial charge in [-0.2, -0.15) is 0 Å². The van der Waals surface area contributed by atoms with Crippen LogP contribution in [0.3, 0.4) is 0 Å². The minimum absolute atomic E-state index is 0.0801. The lowest BCUT2D eigenvalue weighted by molar-refractivity contribution is -0.157. The second kappa shape index (κ2) is 13.8. The Balaban J connectivity index is 2.36. The first-order valence-electron chi connectivity index (χ1n) is 12.9. The first-order chi connectivity index (χ1) is 17.0. The summed E-state index contributed by atoms with van der Waals surface area (Å²) >= 11 is 0. The predicted octanol–water partition coefficient (Wildman–Crippen LogP) is 2.60. The average molecular weight is 504 g/mol. The third-order valence-electron chi connectivity index (χ3n) is 6.39. The van der Waals surface area contributed by atoms with Gasteiger partial charge in [-0.25, -0.2) is 4.79 Å². The number of hydrogen-bond acceptors (Lipinski definition) is 6. The highest BCUT2D eigenvalue weighted by Gasteiger charge is 2.33. The molecule has 0 radical (unpaired) electrons. The minimum Gasteiger partial charge on any atom is -0.508 e. The van der Waals surface area contributed by atoms with Crippen molar-refractivity contribution in [3.8, 4) is 5.75 Å². The number of esters is 1. The van der Waals surface area contributed by atoms with Crippen LogP contribution in [0.1, 0.15) is 72.3 Å². The largest absolute Gasteiger partial charge is 0.508 e. The molecule has 1 saturated heterocycles. The number of phenolic OH excluding ortho intramolecular Hbond substituents is 1. The molecular formula is C27H41N3O6. The molecule has 2 rings (SSSR count). The van der Waals surface area contributed by atoms with E-state index >= 15 is 0 Å². The fraction of sp³-hybridized carbons (Fsp3) is 0.630. The summed E-state index contributed by atoms with van der Waals surface area (Å²) < 4.78 is 5.84. The number of nitrogens with one attached hydrogen (secondary N) is 3. The van der Waals surface area contributed by atoms with Crippen LogP contribution in [-0.4, -0.2) is 53.0 Å². The molecular weight excluding hydrogens is 462 g/mol. The van der Waals surface area contributed by atoms with E-state index in [-0.39, 0.29) is 30.4 Å². The van der Waals surface area contributed by atoms with E-state index < -0.39 is 47.9 Å². The molecule has 1 fully saturated rings. The summed E-state index contributed by atoms with van der Waals surface area (Å²) in [5.41, 5.74) is 0.728. The molecule has 1 aromatic carbocycles. The van der Waals surface area contributed by atoms with Gasteiger partial charge in [0, 0.05) is 6.42 Å². The number of ether oxygens (including phenoxy) is 1. The van der Waals surface area contributed by atoms with Crippen molar-refractivity contribution in [1.82, 2.24) is 16.0 Å². The summed E-state index contributed by atoms with van der Waals surface area (Å²) in [4.78, 5) is 52.2. The van der Waals surface area contributed by atoms with E-state index in [0.717, 1.165) is 24.8 Å². The van der Waals surface area contributed by atoms with Gasteiger partial charge in [-0.3, -0.25) is 14.4 Å². The lowest BCUT2D eigenvalue weighted by Crippen LogP contribution is -2.55. The summed E-state index contributed by atoms with van der Waals surface area (Å²) in [6, 6.07) is 3.58. The highest BCUT2D eigenvalue weighted by molar-refractivity contribution is 5.94. The van der Waals surface area contributed by atoms with Gasteiger partial charge in [-0.15, -0.1) is 0 Å². The molecule has 0 saturated carbocycles. The lowest BCUT2D eigenvalue weighted by Gasteiger charge is -2.27. The molecule has 9 heteroatoms. The Bertz CT molecular complexity index is 901. The molecule has 9 nitrogen and oxygen atoms in total. The molecule has 200 valence electrons. The highest BCUT2D eigenvalue weighted by atomic mass is 16.5. The molecule has 5 atom stereocenters. The van der Waals surface area contributed by atoms with Gasteiger partial charge in [-0.05, 0) is 49.3 Å². The molecule has 3 amide bonds. The zero-order valence-corrected chi connectivity index (χ0v) is 22.0. The van der Waals surface area contributed by atoms with Crippen LogP contribution >= 0.6 is 0 Å². The van der Waals surface area contributed by atoms with Gasteiger partial charge in [-0.1, -0.05) is 52.7 Å². The molecule has 36 heavy (non-hydrogen) atoms. The van der Waals surface area contributed by atoms with Crippen molar-refractivity contribution in [2.45, 2.75) is 97.4 Å². The molecule has 0 bridgehead atoms. The van der Waals surface area contributed by atoms with Gasteiger partial charge in [0.25, 0.3) is 0 Å². The number of carbonyl (C=O) groups excluding carboxylic acids is 4. The monoisotopic (exact) mass is 503 g/mol. The molecule has 4 N–H and O–H groups in total. The van der Waals surface area contributed by atoms with E-state index in [2.05, 4.69) is 22.9 Å². The molecule has 0 aliphatic carbocycles. The van der Waals surface area contributed by atoms with E-state index in [1.54, 1.807) is 12.1 Å². The molecule has 1 heterocycles. The maximum atomic E-state index is 13.1. The third-order valence-corrected chi connectivity index (χ3v) is 6.39. The number of benzene rings is 1. The van der Waals surface area contributed by atoms with Crippen molar-refractivity contribution in [3.05, 3.63) is 29.8 Å². The van der Waals surface area contributed by atoms with E-state index in [1.807, 2.05) is 20.8 Å².